The maximum Gasteiger partial charge on any atom is 0.227 e. The van der Waals surface area contributed by atoms with E-state index < -0.39 is 0 Å². The monoisotopic (exact) mass is 422 g/mol. The van der Waals surface area contributed by atoms with E-state index in [1.807, 2.05) is 48.3 Å². The second kappa shape index (κ2) is 9.54. The van der Waals surface area contributed by atoms with Crippen molar-refractivity contribution in [1.29, 1.82) is 0 Å². The molecule has 0 aliphatic carbocycles. The number of hydrogen-bond donors (Lipinski definition) is 0. The van der Waals surface area contributed by atoms with Gasteiger partial charge < -0.3 is 14.5 Å². The summed E-state index contributed by atoms with van der Waals surface area (Å²) >= 11 is 0. The van der Waals surface area contributed by atoms with Gasteiger partial charge in [0.05, 0.1) is 13.0 Å². The van der Waals surface area contributed by atoms with Crippen LogP contribution >= 0.6 is 0 Å². The topological polar surface area (TPSA) is 49.9 Å². The molecule has 2 aromatic carbocycles. The van der Waals surface area contributed by atoms with Gasteiger partial charge in [-0.15, -0.1) is 0 Å². The summed E-state index contributed by atoms with van der Waals surface area (Å²) in [6.07, 6.45) is 1.06. The van der Waals surface area contributed by atoms with Crippen LogP contribution in [0.5, 0.6) is 5.75 Å². The van der Waals surface area contributed by atoms with E-state index in [-0.39, 0.29) is 23.1 Å². The first-order chi connectivity index (χ1) is 14.7. The Morgan fingerprint density at radius 3 is 2.35 bits per heavy atom. The lowest BCUT2D eigenvalue weighted by molar-refractivity contribution is -0.134. The number of likely N-dealkylation sites (N-methyl/N-ethyl adjacent to an activating group) is 1. The summed E-state index contributed by atoms with van der Waals surface area (Å²) < 4.78 is 5.57. The molecule has 1 heterocycles. The maximum absolute atomic E-state index is 13.1. The van der Waals surface area contributed by atoms with Crippen LogP contribution in [0.1, 0.15) is 32.8 Å². The van der Waals surface area contributed by atoms with E-state index in [1.54, 1.807) is 12.0 Å². The standard InChI is InChI=1S/C26H34N2O3/c1-26(2,3)17-24(29)28-15-14-27(4)25(30)20(18-28)16-19-10-6-7-11-21(19)22-12-8-9-13-23(22)31-5/h6-13,20H,14-18H2,1-5H3/t20-/m1/s1. The zero-order chi connectivity index (χ0) is 22.6. The van der Waals surface area contributed by atoms with Crippen molar-refractivity contribution in [3.63, 3.8) is 0 Å². The number of nitrogens with zero attached hydrogens (tertiary/aromatic N) is 2. The van der Waals surface area contributed by atoms with Gasteiger partial charge >= 0.3 is 0 Å². The Hall–Kier alpha value is -2.82. The molecular weight excluding hydrogens is 388 g/mol. The Labute approximate surface area is 186 Å². The molecule has 0 aromatic heterocycles. The van der Waals surface area contributed by atoms with Gasteiger partial charge in [-0.3, -0.25) is 9.59 Å². The Morgan fingerprint density at radius 2 is 1.68 bits per heavy atom. The van der Waals surface area contributed by atoms with Crippen LogP contribution in [0.4, 0.5) is 0 Å². The molecule has 1 atom stereocenters. The third-order valence-corrected chi connectivity index (χ3v) is 5.79. The molecule has 1 aliphatic rings. The van der Waals surface area contributed by atoms with Crippen LogP contribution < -0.4 is 4.74 Å². The van der Waals surface area contributed by atoms with Crippen molar-refractivity contribution in [2.75, 3.05) is 33.8 Å². The van der Waals surface area contributed by atoms with Gasteiger partial charge in [0, 0.05) is 38.7 Å². The van der Waals surface area contributed by atoms with Crippen LogP contribution in [0.25, 0.3) is 11.1 Å². The van der Waals surface area contributed by atoms with E-state index in [1.165, 1.54) is 0 Å². The Bertz CT molecular complexity index is 932. The van der Waals surface area contributed by atoms with Gasteiger partial charge in [-0.25, -0.2) is 0 Å². The molecule has 1 fully saturated rings. The predicted octanol–water partition coefficient (Wildman–Crippen LogP) is 4.26. The second-order valence-corrected chi connectivity index (χ2v) is 9.60. The number of methoxy groups -OCH3 is 1. The number of carbonyl (C=O) groups is 2. The zero-order valence-electron chi connectivity index (χ0n) is 19.4. The van der Waals surface area contributed by atoms with Gasteiger partial charge in [0.25, 0.3) is 0 Å². The van der Waals surface area contributed by atoms with Gasteiger partial charge in [-0.1, -0.05) is 63.2 Å². The first-order valence-electron chi connectivity index (χ1n) is 10.9. The fourth-order valence-electron chi connectivity index (χ4n) is 4.17. The summed E-state index contributed by atoms with van der Waals surface area (Å²) in [5.74, 6) is 0.757. The normalized spacial score (nSPS) is 17.5. The van der Waals surface area contributed by atoms with E-state index in [9.17, 15) is 9.59 Å². The van der Waals surface area contributed by atoms with Crippen LogP contribution in [-0.2, 0) is 16.0 Å². The number of benzene rings is 2. The third-order valence-electron chi connectivity index (χ3n) is 5.79. The van der Waals surface area contributed by atoms with Crippen molar-refractivity contribution in [2.24, 2.45) is 11.3 Å². The lowest BCUT2D eigenvalue weighted by atomic mass is 9.90. The molecule has 166 valence electrons. The van der Waals surface area contributed by atoms with Gasteiger partial charge in [-0.05, 0) is 29.0 Å². The van der Waals surface area contributed by atoms with Crippen molar-refractivity contribution in [3.05, 3.63) is 54.1 Å². The lowest BCUT2D eigenvalue weighted by Crippen LogP contribution is -2.38. The lowest BCUT2D eigenvalue weighted by Gasteiger charge is -2.27. The third kappa shape index (κ3) is 5.66. The molecule has 0 spiro atoms. The van der Waals surface area contributed by atoms with Crippen LogP contribution in [-0.4, -0.2) is 55.4 Å². The van der Waals surface area contributed by atoms with Crippen molar-refractivity contribution < 1.29 is 14.3 Å². The molecule has 1 aliphatic heterocycles. The summed E-state index contributed by atoms with van der Waals surface area (Å²) in [5.41, 5.74) is 3.08. The molecule has 0 unspecified atom stereocenters. The SMILES string of the molecule is COc1ccccc1-c1ccccc1C[C@@H]1CN(C(=O)CC(C)(C)C)CCN(C)C1=O. The highest BCUT2D eigenvalue weighted by Gasteiger charge is 2.32. The van der Waals surface area contributed by atoms with Crippen LogP contribution in [0.2, 0.25) is 0 Å². The van der Waals surface area contributed by atoms with E-state index in [2.05, 4.69) is 32.9 Å². The predicted molar refractivity (Wildman–Crippen MR) is 124 cm³/mol. The molecular formula is C26H34N2O3. The molecule has 0 saturated carbocycles. The first-order valence-corrected chi connectivity index (χ1v) is 10.9. The zero-order valence-corrected chi connectivity index (χ0v) is 19.4. The van der Waals surface area contributed by atoms with E-state index in [4.69, 9.17) is 4.74 Å². The van der Waals surface area contributed by atoms with Gasteiger partial charge in [-0.2, -0.15) is 0 Å². The maximum atomic E-state index is 13.1. The second-order valence-electron chi connectivity index (χ2n) is 9.60. The van der Waals surface area contributed by atoms with Crippen LogP contribution in [0.15, 0.2) is 48.5 Å². The fourth-order valence-corrected chi connectivity index (χ4v) is 4.17. The average molecular weight is 423 g/mol. The number of rotatable bonds is 5. The van der Waals surface area contributed by atoms with Crippen molar-refractivity contribution in [2.45, 2.75) is 33.6 Å². The number of ether oxygens (including phenoxy) is 1. The van der Waals surface area contributed by atoms with Crippen molar-refractivity contribution in [1.82, 2.24) is 9.80 Å². The fraction of sp³-hybridized carbons (Fsp3) is 0.462. The van der Waals surface area contributed by atoms with Crippen molar-refractivity contribution in [3.8, 4) is 16.9 Å². The molecule has 0 N–H and O–H groups in total. The molecule has 0 bridgehead atoms. The smallest absolute Gasteiger partial charge is 0.227 e. The van der Waals surface area contributed by atoms with E-state index >= 15 is 0 Å². The average Bonchev–Trinajstić information content (AvgIpc) is 2.87. The van der Waals surface area contributed by atoms with Crippen LogP contribution in [0.3, 0.4) is 0 Å². The number of amides is 2. The van der Waals surface area contributed by atoms with Crippen LogP contribution in [0, 0.1) is 11.3 Å². The molecule has 1 saturated heterocycles. The largest absolute Gasteiger partial charge is 0.496 e. The minimum Gasteiger partial charge on any atom is -0.496 e. The summed E-state index contributed by atoms with van der Waals surface area (Å²) in [4.78, 5) is 29.7. The van der Waals surface area contributed by atoms with Gasteiger partial charge in [0.15, 0.2) is 0 Å². The van der Waals surface area contributed by atoms with Gasteiger partial charge in [0.1, 0.15) is 5.75 Å². The molecule has 3 rings (SSSR count). The summed E-state index contributed by atoms with van der Waals surface area (Å²) in [5, 5.41) is 0. The quantitative estimate of drug-likeness (QED) is 0.724. The minimum absolute atomic E-state index is 0.0781. The highest BCUT2D eigenvalue weighted by molar-refractivity contribution is 5.83. The minimum atomic E-state index is -0.271. The Morgan fingerprint density at radius 1 is 1.03 bits per heavy atom. The molecule has 2 amide bonds. The summed E-state index contributed by atoms with van der Waals surface area (Å²) in [6, 6.07) is 16.1. The molecule has 2 aromatic rings. The molecule has 5 heteroatoms. The molecule has 0 radical (unpaired) electrons. The summed E-state index contributed by atoms with van der Waals surface area (Å²) in [6.45, 7) is 7.82. The highest BCUT2D eigenvalue weighted by atomic mass is 16.5. The number of carbonyl (C=O) groups excluding carboxylic acids is 2. The number of hydrogen-bond acceptors (Lipinski definition) is 3. The summed E-state index contributed by atoms with van der Waals surface area (Å²) in [7, 11) is 3.50. The van der Waals surface area contributed by atoms with Gasteiger partial charge in [0.2, 0.25) is 11.8 Å². The Balaban J connectivity index is 1.90. The number of para-hydroxylation sites is 1. The van der Waals surface area contributed by atoms with E-state index in [0.29, 0.717) is 32.5 Å². The van der Waals surface area contributed by atoms with Crippen molar-refractivity contribution >= 4 is 11.8 Å². The Kier molecular flexibility index (Phi) is 7.04. The highest BCUT2D eigenvalue weighted by Crippen LogP contribution is 2.33. The molecule has 31 heavy (non-hydrogen) atoms. The molecule has 5 nitrogen and oxygen atoms in total. The van der Waals surface area contributed by atoms with E-state index in [0.717, 1.165) is 22.4 Å². The first kappa shape index (κ1) is 22.9.